The number of nitrogens with zero attached hydrogens (tertiary/aromatic N) is 1. The number of carbonyl (C=O) groups excluding carboxylic acids is 1. The maximum Gasteiger partial charge on any atom is 0.226 e. The Morgan fingerprint density at radius 1 is 1.29 bits per heavy atom. The Bertz CT molecular complexity index is 963. The van der Waals surface area contributed by atoms with Gasteiger partial charge in [-0.3, -0.25) is 4.79 Å². The van der Waals surface area contributed by atoms with E-state index in [4.69, 9.17) is 25.8 Å². The monoisotopic (exact) mass is 504 g/mol. The number of hydrogen-bond acceptors (Lipinski definition) is 5. The maximum atomic E-state index is 13.2. The lowest BCUT2D eigenvalue weighted by molar-refractivity contribution is -0.118. The fourth-order valence-electron chi connectivity index (χ4n) is 5.10. The van der Waals surface area contributed by atoms with E-state index in [9.17, 15) is 4.79 Å². The number of ether oxygens (including phenoxy) is 3. The normalized spacial score (nSPS) is 33.0. The molecule has 1 N–H and O–H groups in total. The highest BCUT2D eigenvalue weighted by Crippen LogP contribution is 2.47. The van der Waals surface area contributed by atoms with Gasteiger partial charge < -0.3 is 24.4 Å². The van der Waals surface area contributed by atoms with Gasteiger partial charge in [-0.2, -0.15) is 0 Å². The molecule has 1 fully saturated rings. The predicted octanol–water partition coefficient (Wildman–Crippen LogP) is 5.33. The van der Waals surface area contributed by atoms with Crippen LogP contribution >= 0.6 is 11.6 Å². The second-order valence-corrected chi connectivity index (χ2v) is 10.5. The third-order valence-electron chi connectivity index (χ3n) is 7.52. The summed E-state index contributed by atoms with van der Waals surface area (Å²) in [5.74, 6) is 0.792. The Morgan fingerprint density at radius 3 is 2.69 bits per heavy atom. The first-order valence-corrected chi connectivity index (χ1v) is 12.8. The summed E-state index contributed by atoms with van der Waals surface area (Å²) in [7, 11) is 7.14. The molecule has 5 atom stereocenters. The molecule has 1 aromatic rings. The second-order valence-electron chi connectivity index (χ2n) is 10.1. The molecule has 0 radical (unpaired) electrons. The van der Waals surface area contributed by atoms with Crippen LogP contribution in [0.3, 0.4) is 0 Å². The van der Waals surface area contributed by atoms with Crippen molar-refractivity contribution in [3.05, 3.63) is 46.5 Å². The molecule has 3 rings (SSSR count). The molecule has 0 spiro atoms. The third kappa shape index (κ3) is 6.67. The van der Waals surface area contributed by atoms with E-state index >= 15 is 0 Å². The summed E-state index contributed by atoms with van der Waals surface area (Å²) in [5.41, 5.74) is 2.59. The molecule has 1 amide bonds. The SMILES string of the molecule is CNC1C/C=C/C=C(\C)Cc2cc(OC)c(Cl)c(c2)N(C)C(=O)CC[C@]2(C)O[C@H]2[C@H](C)[C@@H](OC)C1. The van der Waals surface area contributed by atoms with Crippen LogP contribution in [0, 0.1) is 5.92 Å². The molecule has 0 saturated carbocycles. The number of carbonyl (C=O) groups is 1. The molecule has 1 saturated heterocycles. The highest BCUT2D eigenvalue weighted by atomic mass is 35.5. The molecule has 2 aliphatic heterocycles. The smallest absolute Gasteiger partial charge is 0.226 e. The van der Waals surface area contributed by atoms with Crippen LogP contribution in [0.1, 0.15) is 52.0 Å². The highest BCUT2D eigenvalue weighted by Gasteiger charge is 2.56. The lowest BCUT2D eigenvalue weighted by atomic mass is 9.87. The Hall–Kier alpha value is -1.86. The van der Waals surface area contributed by atoms with E-state index in [1.165, 1.54) is 5.57 Å². The van der Waals surface area contributed by atoms with Gasteiger partial charge in [0.05, 0.1) is 30.6 Å². The summed E-state index contributed by atoms with van der Waals surface area (Å²) in [6.07, 6.45) is 10.1. The van der Waals surface area contributed by atoms with Gasteiger partial charge in [0.2, 0.25) is 5.91 Å². The number of rotatable bonds is 3. The molecule has 1 unspecified atom stereocenters. The maximum absolute atomic E-state index is 13.2. The number of epoxide rings is 1. The largest absolute Gasteiger partial charge is 0.495 e. The van der Waals surface area contributed by atoms with Crippen molar-refractivity contribution in [3.63, 3.8) is 0 Å². The first-order valence-electron chi connectivity index (χ1n) is 12.5. The quantitative estimate of drug-likeness (QED) is 0.564. The minimum atomic E-state index is -0.324. The Labute approximate surface area is 215 Å². The summed E-state index contributed by atoms with van der Waals surface area (Å²) in [4.78, 5) is 14.8. The fourth-order valence-corrected chi connectivity index (χ4v) is 5.41. The zero-order valence-corrected chi connectivity index (χ0v) is 22.9. The number of halogens is 1. The number of amides is 1. The fraction of sp³-hybridized carbons (Fsp3) is 0.607. The van der Waals surface area contributed by atoms with Crippen LogP contribution in [-0.4, -0.2) is 58.1 Å². The van der Waals surface area contributed by atoms with Crippen molar-refractivity contribution in [3.8, 4) is 5.75 Å². The molecule has 35 heavy (non-hydrogen) atoms. The number of anilines is 1. The standard InChI is InChI=1S/C28H41ClN2O4/c1-18-10-8-9-11-21(30-4)17-23(33-6)19(2)27-28(3,35-27)13-12-25(32)31(5)22-15-20(14-18)16-24(34-7)26(22)29/h8-10,15-16,19,21,23,27,30H,11-14,17H2,1-7H3/b9-8+,18-10+/t19-,21?,23+,27+,28+/m1/s1. The number of methoxy groups -OCH3 is 2. The minimum Gasteiger partial charge on any atom is -0.495 e. The minimum absolute atomic E-state index is 0.000818. The second kappa shape index (κ2) is 11.9. The van der Waals surface area contributed by atoms with E-state index in [-0.39, 0.29) is 29.6 Å². The van der Waals surface area contributed by atoms with E-state index in [1.54, 1.807) is 26.2 Å². The van der Waals surface area contributed by atoms with Crippen molar-refractivity contribution in [2.45, 2.75) is 76.7 Å². The molecule has 7 heteroatoms. The van der Waals surface area contributed by atoms with Gasteiger partial charge in [0.1, 0.15) is 10.8 Å². The van der Waals surface area contributed by atoms with Gasteiger partial charge in [-0.25, -0.2) is 0 Å². The van der Waals surface area contributed by atoms with Gasteiger partial charge in [-0.05, 0) is 64.3 Å². The Balaban J connectivity index is 1.92. The third-order valence-corrected chi connectivity index (χ3v) is 7.90. The summed E-state index contributed by atoms with van der Waals surface area (Å²) in [5, 5.41) is 3.88. The van der Waals surface area contributed by atoms with Crippen LogP contribution < -0.4 is 15.0 Å². The van der Waals surface area contributed by atoms with E-state index in [0.717, 1.165) is 24.8 Å². The Morgan fingerprint density at radius 2 is 2.03 bits per heavy atom. The first-order chi connectivity index (χ1) is 16.6. The van der Waals surface area contributed by atoms with Crippen LogP contribution in [0.5, 0.6) is 5.75 Å². The average Bonchev–Trinajstić information content (AvgIpc) is 3.53. The van der Waals surface area contributed by atoms with E-state index < -0.39 is 0 Å². The summed E-state index contributed by atoms with van der Waals surface area (Å²) >= 11 is 6.62. The summed E-state index contributed by atoms with van der Waals surface area (Å²) in [6.45, 7) is 6.39. The van der Waals surface area contributed by atoms with Gasteiger partial charge >= 0.3 is 0 Å². The van der Waals surface area contributed by atoms with Gasteiger partial charge in [-0.1, -0.05) is 42.3 Å². The van der Waals surface area contributed by atoms with Crippen molar-refractivity contribution >= 4 is 23.2 Å². The molecular weight excluding hydrogens is 464 g/mol. The zero-order valence-electron chi connectivity index (χ0n) is 22.2. The van der Waals surface area contributed by atoms with Crippen LogP contribution in [0.4, 0.5) is 5.69 Å². The molecule has 2 heterocycles. The van der Waals surface area contributed by atoms with Gasteiger partial charge in [0, 0.05) is 32.5 Å². The number of fused-ring (bicyclic) bond motifs is 3. The van der Waals surface area contributed by atoms with Crippen LogP contribution in [0.25, 0.3) is 0 Å². The first kappa shape index (κ1) is 27.7. The van der Waals surface area contributed by atoms with Gasteiger partial charge in [-0.15, -0.1) is 0 Å². The molecule has 0 aliphatic carbocycles. The van der Waals surface area contributed by atoms with E-state index in [1.807, 2.05) is 19.2 Å². The van der Waals surface area contributed by atoms with Crippen molar-refractivity contribution in [2.24, 2.45) is 5.92 Å². The van der Waals surface area contributed by atoms with Crippen molar-refractivity contribution in [2.75, 3.05) is 33.2 Å². The number of hydrogen-bond donors (Lipinski definition) is 1. The van der Waals surface area contributed by atoms with Crippen LogP contribution in [-0.2, 0) is 20.7 Å². The molecule has 1 aromatic carbocycles. The van der Waals surface area contributed by atoms with E-state index in [0.29, 0.717) is 35.3 Å². The lowest BCUT2D eigenvalue weighted by Gasteiger charge is -2.26. The predicted molar refractivity (Wildman–Crippen MR) is 143 cm³/mol. The van der Waals surface area contributed by atoms with Gasteiger partial charge in [0.15, 0.2) is 0 Å². The summed E-state index contributed by atoms with van der Waals surface area (Å²) in [6, 6.07) is 4.23. The summed E-state index contributed by atoms with van der Waals surface area (Å²) < 4.78 is 17.6. The number of benzene rings is 1. The molecule has 194 valence electrons. The number of nitrogens with one attached hydrogen (secondary N) is 1. The molecular formula is C28H41ClN2O4. The number of allylic oxidation sites excluding steroid dienone is 3. The van der Waals surface area contributed by atoms with Crippen molar-refractivity contribution in [1.29, 1.82) is 0 Å². The van der Waals surface area contributed by atoms with Crippen LogP contribution in [0.15, 0.2) is 35.9 Å². The average molecular weight is 505 g/mol. The molecule has 6 nitrogen and oxygen atoms in total. The van der Waals surface area contributed by atoms with E-state index in [2.05, 4.69) is 44.3 Å². The molecule has 2 aliphatic rings. The van der Waals surface area contributed by atoms with Gasteiger partial charge in [0.25, 0.3) is 0 Å². The zero-order chi connectivity index (χ0) is 25.8. The van der Waals surface area contributed by atoms with Crippen molar-refractivity contribution in [1.82, 2.24) is 5.32 Å². The topological polar surface area (TPSA) is 63.3 Å². The molecule has 2 bridgehead atoms. The van der Waals surface area contributed by atoms with Crippen LogP contribution in [0.2, 0.25) is 5.02 Å². The van der Waals surface area contributed by atoms with Crippen molar-refractivity contribution < 1.29 is 19.0 Å². The lowest BCUT2D eigenvalue weighted by Crippen LogP contribution is -2.36. The Kier molecular flexibility index (Phi) is 9.44. The molecule has 0 aromatic heterocycles. The highest BCUT2D eigenvalue weighted by molar-refractivity contribution is 6.35.